The van der Waals surface area contributed by atoms with Crippen molar-refractivity contribution in [1.29, 1.82) is 0 Å². The highest BCUT2D eigenvalue weighted by molar-refractivity contribution is 5.82. The molecule has 152 valence electrons. The van der Waals surface area contributed by atoms with Crippen LogP contribution in [0.4, 0.5) is 10.5 Å². The third-order valence-corrected chi connectivity index (χ3v) is 4.05. The fraction of sp³-hybridized carbons (Fsp3) is 0.526. The lowest BCUT2D eigenvalue weighted by Crippen LogP contribution is -2.47. The first kappa shape index (κ1) is 19.8. The van der Waals surface area contributed by atoms with E-state index < -0.39 is 23.7 Å². The highest BCUT2D eigenvalue weighted by atomic mass is 16.6. The van der Waals surface area contributed by atoms with E-state index in [9.17, 15) is 9.59 Å². The quantitative estimate of drug-likeness (QED) is 0.569. The molecule has 1 aromatic carbocycles. The smallest absolute Gasteiger partial charge is 0.408 e. The number of rotatable bonds is 6. The minimum atomic E-state index is -1.06. The third kappa shape index (κ3) is 4.85. The molecule has 9 nitrogen and oxygen atoms in total. The lowest BCUT2D eigenvalue weighted by atomic mass is 10.2. The third-order valence-electron chi connectivity index (χ3n) is 4.05. The molecule has 1 heterocycles. The summed E-state index contributed by atoms with van der Waals surface area (Å²) in [6.07, 6.45) is 1.39. The number of fused-ring (bicyclic) bond motifs is 1. The molecule has 1 amide bonds. The molecule has 1 saturated carbocycles. The average molecular weight is 391 g/mol. The SMILES string of the molecule is COC(=O)[C@H](COc1cc2oc(C3CC3)nc2cc1N)NC(=O)OC(C)(C)C. The largest absolute Gasteiger partial charge is 0.489 e. The summed E-state index contributed by atoms with van der Waals surface area (Å²) in [5.41, 5.74) is 6.89. The van der Waals surface area contributed by atoms with Crippen molar-refractivity contribution in [2.45, 2.75) is 51.2 Å². The number of carbonyl (C=O) groups is 2. The molecule has 9 heteroatoms. The van der Waals surface area contributed by atoms with Gasteiger partial charge in [0, 0.05) is 12.0 Å². The van der Waals surface area contributed by atoms with Crippen LogP contribution in [0.1, 0.15) is 45.4 Å². The normalized spacial score (nSPS) is 15.1. The Morgan fingerprint density at radius 1 is 1.36 bits per heavy atom. The molecule has 0 unspecified atom stereocenters. The minimum absolute atomic E-state index is 0.189. The molecule has 1 aliphatic carbocycles. The number of esters is 1. The first-order valence-corrected chi connectivity index (χ1v) is 9.06. The van der Waals surface area contributed by atoms with Gasteiger partial charge < -0.3 is 29.7 Å². The van der Waals surface area contributed by atoms with Crippen molar-refractivity contribution in [2.24, 2.45) is 0 Å². The van der Waals surface area contributed by atoms with Crippen LogP contribution in [-0.4, -0.2) is 42.4 Å². The van der Waals surface area contributed by atoms with Crippen molar-refractivity contribution in [2.75, 3.05) is 19.5 Å². The maximum absolute atomic E-state index is 12.0. The Bertz CT molecular complexity index is 882. The van der Waals surface area contributed by atoms with Gasteiger partial charge in [-0.1, -0.05) is 0 Å². The highest BCUT2D eigenvalue weighted by Gasteiger charge is 2.29. The number of nitrogen functional groups attached to an aromatic ring is 1. The van der Waals surface area contributed by atoms with Gasteiger partial charge in [0.15, 0.2) is 17.5 Å². The van der Waals surface area contributed by atoms with E-state index >= 15 is 0 Å². The number of benzene rings is 1. The zero-order chi connectivity index (χ0) is 20.5. The van der Waals surface area contributed by atoms with Crippen LogP contribution in [0, 0.1) is 0 Å². The molecule has 0 bridgehead atoms. The van der Waals surface area contributed by atoms with Crippen molar-refractivity contribution in [1.82, 2.24) is 10.3 Å². The molecule has 1 atom stereocenters. The predicted molar refractivity (Wildman–Crippen MR) is 101 cm³/mol. The molecule has 1 aliphatic rings. The summed E-state index contributed by atoms with van der Waals surface area (Å²) >= 11 is 0. The number of hydrogen-bond acceptors (Lipinski definition) is 8. The number of nitrogens with zero attached hydrogens (tertiary/aromatic N) is 1. The lowest BCUT2D eigenvalue weighted by Gasteiger charge is -2.22. The van der Waals surface area contributed by atoms with E-state index in [0.29, 0.717) is 34.3 Å². The van der Waals surface area contributed by atoms with Crippen molar-refractivity contribution in [3.05, 3.63) is 18.0 Å². The molecular formula is C19H25N3O6. The fourth-order valence-corrected chi connectivity index (χ4v) is 2.55. The second-order valence-electron chi connectivity index (χ2n) is 7.72. The van der Waals surface area contributed by atoms with Crippen LogP contribution in [-0.2, 0) is 14.3 Å². The molecule has 3 N–H and O–H groups in total. The summed E-state index contributed by atoms with van der Waals surface area (Å²) in [7, 11) is 1.22. The number of nitrogens with one attached hydrogen (secondary N) is 1. The summed E-state index contributed by atoms with van der Waals surface area (Å²) in [6, 6.07) is 2.23. The lowest BCUT2D eigenvalue weighted by molar-refractivity contribution is -0.143. The maximum Gasteiger partial charge on any atom is 0.408 e. The maximum atomic E-state index is 12.0. The van der Waals surface area contributed by atoms with Gasteiger partial charge in [0.2, 0.25) is 0 Å². The molecule has 2 aromatic rings. The number of hydrogen-bond donors (Lipinski definition) is 2. The zero-order valence-electron chi connectivity index (χ0n) is 16.4. The van der Waals surface area contributed by atoms with Crippen LogP contribution >= 0.6 is 0 Å². The molecule has 0 saturated heterocycles. The van der Waals surface area contributed by atoms with E-state index in [1.165, 1.54) is 7.11 Å². The predicted octanol–water partition coefficient (Wildman–Crippen LogP) is 2.73. The van der Waals surface area contributed by atoms with Crippen molar-refractivity contribution in [3.63, 3.8) is 0 Å². The summed E-state index contributed by atoms with van der Waals surface area (Å²) in [6.45, 7) is 4.98. The van der Waals surface area contributed by atoms with Gasteiger partial charge in [-0.2, -0.15) is 0 Å². The Kier molecular flexibility index (Phi) is 5.35. The van der Waals surface area contributed by atoms with Gasteiger partial charge in [0.1, 0.15) is 23.5 Å². The second kappa shape index (κ2) is 7.57. The fourth-order valence-electron chi connectivity index (χ4n) is 2.55. The first-order valence-electron chi connectivity index (χ1n) is 9.06. The summed E-state index contributed by atoms with van der Waals surface area (Å²) in [4.78, 5) is 28.4. The van der Waals surface area contributed by atoms with Gasteiger partial charge >= 0.3 is 12.1 Å². The minimum Gasteiger partial charge on any atom is -0.489 e. The van der Waals surface area contributed by atoms with Gasteiger partial charge in [0.05, 0.1) is 12.8 Å². The summed E-state index contributed by atoms with van der Waals surface area (Å²) in [5.74, 6) is 0.734. The summed E-state index contributed by atoms with van der Waals surface area (Å²) < 4.78 is 21.3. The topological polar surface area (TPSA) is 126 Å². The standard InChI is InChI=1S/C19H25N3O6/c1-19(2,3)28-18(24)22-13(17(23)25-4)9-26-14-8-15-12(7-11(14)20)21-16(27-15)10-5-6-10/h7-8,10,13H,5-6,9,20H2,1-4H3,(H,22,24)/t13-/m0/s1. The molecule has 0 radical (unpaired) electrons. The van der Waals surface area contributed by atoms with Crippen molar-refractivity contribution >= 4 is 28.8 Å². The van der Waals surface area contributed by atoms with E-state index in [1.807, 2.05) is 0 Å². The van der Waals surface area contributed by atoms with E-state index in [-0.39, 0.29) is 6.61 Å². The number of alkyl carbamates (subject to hydrolysis) is 1. The Balaban J connectivity index is 1.70. The Labute approximate surface area is 162 Å². The first-order chi connectivity index (χ1) is 13.2. The van der Waals surface area contributed by atoms with E-state index in [0.717, 1.165) is 12.8 Å². The molecule has 1 aromatic heterocycles. The van der Waals surface area contributed by atoms with Crippen molar-refractivity contribution < 1.29 is 28.2 Å². The van der Waals surface area contributed by atoms with Gasteiger partial charge in [-0.15, -0.1) is 0 Å². The molecule has 0 aliphatic heterocycles. The number of amides is 1. The molecular weight excluding hydrogens is 366 g/mol. The number of oxazole rings is 1. The molecule has 3 rings (SSSR count). The Morgan fingerprint density at radius 2 is 2.07 bits per heavy atom. The molecule has 1 fully saturated rings. The Hall–Kier alpha value is -2.97. The summed E-state index contributed by atoms with van der Waals surface area (Å²) in [5, 5.41) is 2.44. The number of nitrogens with two attached hydrogens (primary N) is 1. The van der Waals surface area contributed by atoms with Gasteiger partial charge in [0.25, 0.3) is 0 Å². The van der Waals surface area contributed by atoms with Crippen LogP contribution in [0.15, 0.2) is 16.5 Å². The van der Waals surface area contributed by atoms with Gasteiger partial charge in [-0.25, -0.2) is 14.6 Å². The zero-order valence-corrected chi connectivity index (χ0v) is 16.4. The highest BCUT2D eigenvalue weighted by Crippen LogP contribution is 2.41. The monoisotopic (exact) mass is 391 g/mol. The molecule has 0 spiro atoms. The number of methoxy groups -OCH3 is 1. The van der Waals surface area contributed by atoms with E-state index in [4.69, 9.17) is 24.4 Å². The number of aromatic nitrogens is 1. The van der Waals surface area contributed by atoms with Crippen LogP contribution in [0.25, 0.3) is 11.1 Å². The van der Waals surface area contributed by atoms with Crippen LogP contribution in [0.3, 0.4) is 0 Å². The van der Waals surface area contributed by atoms with Crippen molar-refractivity contribution in [3.8, 4) is 5.75 Å². The van der Waals surface area contributed by atoms with Crippen LogP contribution < -0.4 is 15.8 Å². The van der Waals surface area contributed by atoms with Gasteiger partial charge in [-0.3, -0.25) is 0 Å². The second-order valence-corrected chi connectivity index (χ2v) is 7.72. The Morgan fingerprint density at radius 3 is 2.68 bits per heavy atom. The number of anilines is 1. The van der Waals surface area contributed by atoms with Gasteiger partial charge in [-0.05, 0) is 39.7 Å². The molecule has 28 heavy (non-hydrogen) atoms. The van der Waals surface area contributed by atoms with Crippen LogP contribution in [0.5, 0.6) is 5.75 Å². The van der Waals surface area contributed by atoms with E-state index in [1.54, 1.807) is 32.9 Å². The number of ether oxygens (including phenoxy) is 3. The average Bonchev–Trinajstić information content (AvgIpc) is 3.37. The van der Waals surface area contributed by atoms with E-state index in [2.05, 4.69) is 10.3 Å². The van der Waals surface area contributed by atoms with Crippen LogP contribution in [0.2, 0.25) is 0 Å². The number of carbonyl (C=O) groups excluding carboxylic acids is 2.